The quantitative estimate of drug-likeness (QED) is 0.808. The molecule has 0 saturated carbocycles. The van der Waals surface area contributed by atoms with Crippen molar-refractivity contribution in [2.45, 2.75) is 19.3 Å². The summed E-state index contributed by atoms with van der Waals surface area (Å²) in [6.07, 6.45) is 1.91. The first-order chi connectivity index (χ1) is 13.2. The van der Waals surface area contributed by atoms with Gasteiger partial charge in [-0.15, -0.1) is 11.3 Å². The van der Waals surface area contributed by atoms with Crippen LogP contribution in [0.3, 0.4) is 0 Å². The summed E-state index contributed by atoms with van der Waals surface area (Å²) < 4.78 is 5.31. The fraction of sp³-hybridized carbons (Fsp3) is 0.450. The molecule has 0 radical (unpaired) electrons. The van der Waals surface area contributed by atoms with E-state index in [0.29, 0.717) is 57.2 Å². The zero-order valence-corrected chi connectivity index (χ0v) is 16.0. The first kappa shape index (κ1) is 18.1. The van der Waals surface area contributed by atoms with Gasteiger partial charge in [0.15, 0.2) is 5.01 Å². The summed E-state index contributed by atoms with van der Waals surface area (Å²) >= 11 is 1.49. The first-order valence-corrected chi connectivity index (χ1v) is 10.2. The molecular formula is C20H23N3O3S. The number of carbonyl (C=O) groups is 2. The molecule has 0 N–H and O–H groups in total. The van der Waals surface area contributed by atoms with Crippen LogP contribution in [0, 0.1) is 0 Å². The van der Waals surface area contributed by atoms with Crippen molar-refractivity contribution in [1.29, 1.82) is 0 Å². The molecule has 1 aromatic carbocycles. The molecule has 3 heterocycles. The van der Waals surface area contributed by atoms with Crippen LogP contribution >= 0.6 is 11.3 Å². The summed E-state index contributed by atoms with van der Waals surface area (Å²) in [6, 6.07) is 9.84. The lowest BCUT2D eigenvalue weighted by Crippen LogP contribution is -2.40. The molecule has 0 unspecified atom stereocenters. The van der Waals surface area contributed by atoms with Crippen molar-refractivity contribution in [3.63, 3.8) is 0 Å². The zero-order valence-electron chi connectivity index (χ0n) is 15.2. The molecule has 0 atom stereocenters. The summed E-state index contributed by atoms with van der Waals surface area (Å²) in [5, 5.41) is 0.575. The lowest BCUT2D eigenvalue weighted by molar-refractivity contribution is -0.130. The van der Waals surface area contributed by atoms with E-state index in [1.807, 2.05) is 40.1 Å². The molecule has 0 aliphatic carbocycles. The van der Waals surface area contributed by atoms with E-state index in [-0.39, 0.29) is 11.8 Å². The van der Waals surface area contributed by atoms with Crippen molar-refractivity contribution >= 4 is 23.2 Å². The molecular weight excluding hydrogens is 362 g/mol. The number of rotatable bonds is 3. The minimum absolute atomic E-state index is 0.00776. The summed E-state index contributed by atoms with van der Waals surface area (Å²) in [6.45, 7) is 3.79. The zero-order chi connectivity index (χ0) is 18.6. The van der Waals surface area contributed by atoms with Gasteiger partial charge in [-0.05, 0) is 5.56 Å². The third-order valence-electron chi connectivity index (χ3n) is 5.04. The minimum Gasteiger partial charge on any atom is -0.378 e. The van der Waals surface area contributed by atoms with E-state index >= 15 is 0 Å². The minimum atomic E-state index is 0.00776. The summed E-state index contributed by atoms with van der Waals surface area (Å²) in [4.78, 5) is 34.7. The number of thiazole rings is 1. The molecule has 142 valence electrons. The van der Waals surface area contributed by atoms with Crippen molar-refractivity contribution in [2.24, 2.45) is 0 Å². The molecule has 4 rings (SSSR count). The van der Waals surface area contributed by atoms with Gasteiger partial charge >= 0.3 is 0 Å². The van der Waals surface area contributed by atoms with Crippen LogP contribution in [0.5, 0.6) is 0 Å². The summed E-state index contributed by atoms with van der Waals surface area (Å²) in [7, 11) is 0. The standard InChI is InChI=1S/C20H23N3O3S/c24-18(14-15-4-2-1-3-5-15)22-8-6-16-17(7-9-22)27-19(21-16)20(25)23-10-12-26-13-11-23/h1-5H,6-14H2. The molecule has 2 amide bonds. The third-order valence-corrected chi connectivity index (χ3v) is 6.18. The number of hydrogen-bond acceptors (Lipinski definition) is 5. The highest BCUT2D eigenvalue weighted by atomic mass is 32.1. The van der Waals surface area contributed by atoms with Crippen molar-refractivity contribution in [3.8, 4) is 0 Å². The molecule has 7 heteroatoms. The Morgan fingerprint density at radius 3 is 2.52 bits per heavy atom. The average molecular weight is 385 g/mol. The van der Waals surface area contributed by atoms with Crippen molar-refractivity contribution in [1.82, 2.24) is 14.8 Å². The van der Waals surface area contributed by atoms with E-state index in [1.54, 1.807) is 0 Å². The Morgan fingerprint density at radius 2 is 1.74 bits per heavy atom. The van der Waals surface area contributed by atoms with Crippen LogP contribution in [0.15, 0.2) is 30.3 Å². The Hall–Kier alpha value is -2.25. The maximum absolute atomic E-state index is 12.6. The van der Waals surface area contributed by atoms with Gasteiger partial charge in [-0.1, -0.05) is 30.3 Å². The van der Waals surface area contributed by atoms with Gasteiger partial charge in [0.05, 0.1) is 25.3 Å². The van der Waals surface area contributed by atoms with E-state index in [0.717, 1.165) is 22.6 Å². The number of morpholine rings is 1. The molecule has 1 fully saturated rings. The van der Waals surface area contributed by atoms with Crippen LogP contribution in [-0.2, 0) is 28.8 Å². The van der Waals surface area contributed by atoms with E-state index in [4.69, 9.17) is 4.74 Å². The maximum atomic E-state index is 12.6. The van der Waals surface area contributed by atoms with E-state index in [2.05, 4.69) is 4.98 Å². The largest absolute Gasteiger partial charge is 0.378 e. The van der Waals surface area contributed by atoms with Gasteiger partial charge in [0.1, 0.15) is 0 Å². The topological polar surface area (TPSA) is 62.7 Å². The van der Waals surface area contributed by atoms with Gasteiger partial charge in [0.2, 0.25) is 5.91 Å². The number of aromatic nitrogens is 1. The van der Waals surface area contributed by atoms with Gasteiger partial charge in [-0.2, -0.15) is 0 Å². The first-order valence-electron chi connectivity index (χ1n) is 9.38. The predicted octanol–water partition coefficient (Wildman–Crippen LogP) is 1.79. The number of carbonyl (C=O) groups excluding carboxylic acids is 2. The third kappa shape index (κ3) is 4.20. The van der Waals surface area contributed by atoms with E-state index in [1.165, 1.54) is 11.3 Å². The molecule has 1 saturated heterocycles. The highest BCUT2D eigenvalue weighted by Gasteiger charge is 2.26. The van der Waals surface area contributed by atoms with E-state index < -0.39 is 0 Å². The second kappa shape index (κ2) is 8.19. The van der Waals surface area contributed by atoms with Gasteiger partial charge < -0.3 is 14.5 Å². The predicted molar refractivity (Wildman–Crippen MR) is 103 cm³/mol. The van der Waals surface area contributed by atoms with Crippen molar-refractivity contribution < 1.29 is 14.3 Å². The van der Waals surface area contributed by atoms with Crippen molar-refractivity contribution in [3.05, 3.63) is 51.5 Å². The van der Waals surface area contributed by atoms with Crippen LogP contribution in [0.1, 0.15) is 25.9 Å². The Bertz CT molecular complexity index is 790. The number of fused-ring (bicyclic) bond motifs is 1. The number of amides is 2. The van der Waals surface area contributed by atoms with Crippen LogP contribution in [0.4, 0.5) is 0 Å². The lowest BCUT2D eigenvalue weighted by atomic mass is 10.1. The highest BCUT2D eigenvalue weighted by Crippen LogP contribution is 2.24. The van der Waals surface area contributed by atoms with Crippen molar-refractivity contribution in [2.75, 3.05) is 39.4 Å². The SMILES string of the molecule is O=C(Cc1ccccc1)N1CCc2nc(C(=O)N3CCOCC3)sc2CC1. The van der Waals surface area contributed by atoms with Crippen LogP contribution in [0.25, 0.3) is 0 Å². The average Bonchev–Trinajstić information content (AvgIpc) is 3.01. The smallest absolute Gasteiger partial charge is 0.283 e. The van der Waals surface area contributed by atoms with Gasteiger partial charge in [-0.3, -0.25) is 9.59 Å². The second-order valence-electron chi connectivity index (χ2n) is 6.84. The Morgan fingerprint density at radius 1 is 1.00 bits per heavy atom. The van der Waals surface area contributed by atoms with Crippen LogP contribution in [0.2, 0.25) is 0 Å². The Kier molecular flexibility index (Phi) is 5.50. The molecule has 0 spiro atoms. The lowest BCUT2D eigenvalue weighted by Gasteiger charge is -2.25. The van der Waals surface area contributed by atoms with Crippen LogP contribution < -0.4 is 0 Å². The van der Waals surface area contributed by atoms with Crippen LogP contribution in [-0.4, -0.2) is 66.0 Å². The normalized spacial score (nSPS) is 17.3. The number of hydrogen-bond donors (Lipinski definition) is 0. The summed E-state index contributed by atoms with van der Waals surface area (Å²) in [5.74, 6) is 0.161. The molecule has 1 aromatic heterocycles. The molecule has 2 aliphatic heterocycles. The number of nitrogens with zero attached hydrogens (tertiary/aromatic N) is 3. The second-order valence-corrected chi connectivity index (χ2v) is 7.92. The summed E-state index contributed by atoms with van der Waals surface area (Å²) in [5.41, 5.74) is 2.02. The molecule has 2 aliphatic rings. The molecule has 27 heavy (non-hydrogen) atoms. The number of ether oxygens (including phenoxy) is 1. The number of benzene rings is 1. The van der Waals surface area contributed by atoms with Gasteiger partial charge in [-0.25, -0.2) is 4.98 Å². The fourth-order valence-corrected chi connectivity index (χ4v) is 4.55. The fourth-order valence-electron chi connectivity index (χ4n) is 3.49. The van der Waals surface area contributed by atoms with Gasteiger partial charge in [0, 0.05) is 43.9 Å². The molecule has 6 nitrogen and oxygen atoms in total. The molecule has 2 aromatic rings. The van der Waals surface area contributed by atoms with Gasteiger partial charge in [0.25, 0.3) is 5.91 Å². The Labute approximate surface area is 162 Å². The molecule has 0 bridgehead atoms. The maximum Gasteiger partial charge on any atom is 0.283 e. The highest BCUT2D eigenvalue weighted by molar-refractivity contribution is 7.13. The Balaban J connectivity index is 1.38. The monoisotopic (exact) mass is 385 g/mol. The van der Waals surface area contributed by atoms with E-state index in [9.17, 15) is 9.59 Å².